The number of carbonyl (C=O) groups excluding carboxylic acids is 2. The van der Waals surface area contributed by atoms with Gasteiger partial charge in [0.05, 0.1) is 23.6 Å². The highest BCUT2D eigenvalue weighted by Crippen LogP contribution is 2.17. The summed E-state index contributed by atoms with van der Waals surface area (Å²) in [5, 5.41) is 5.94. The number of nitrogens with one attached hydrogen (secondary N) is 2. The zero-order chi connectivity index (χ0) is 21.6. The van der Waals surface area contributed by atoms with Crippen molar-refractivity contribution in [1.82, 2.24) is 20.2 Å². The van der Waals surface area contributed by atoms with Gasteiger partial charge < -0.3 is 15.2 Å². The molecule has 1 heterocycles. The second-order valence-electron chi connectivity index (χ2n) is 7.35. The van der Waals surface area contributed by atoms with Crippen LogP contribution in [0, 0.1) is 0 Å². The normalized spacial score (nSPS) is 11.8. The third-order valence-electron chi connectivity index (χ3n) is 5.16. The number of hydrogen-bond acceptors (Lipinski definition) is 3. The van der Waals surface area contributed by atoms with Gasteiger partial charge in [0.1, 0.15) is 12.4 Å². The zero-order valence-corrected chi connectivity index (χ0v) is 17.3. The minimum absolute atomic E-state index is 0.107. The van der Waals surface area contributed by atoms with E-state index in [0.29, 0.717) is 11.4 Å². The molecule has 4 rings (SSSR count). The van der Waals surface area contributed by atoms with Gasteiger partial charge in [0, 0.05) is 5.56 Å². The first kappa shape index (κ1) is 20.3. The number of para-hydroxylation sites is 2. The third kappa shape index (κ3) is 4.80. The van der Waals surface area contributed by atoms with Crippen molar-refractivity contribution in [3.63, 3.8) is 0 Å². The maximum absolute atomic E-state index is 12.8. The van der Waals surface area contributed by atoms with Crippen molar-refractivity contribution in [3.8, 4) is 0 Å². The van der Waals surface area contributed by atoms with Gasteiger partial charge in [-0.25, -0.2) is 4.98 Å². The fraction of sp³-hybridized carbons (Fsp3) is 0.160. The van der Waals surface area contributed by atoms with Gasteiger partial charge in [0.25, 0.3) is 5.91 Å². The van der Waals surface area contributed by atoms with E-state index in [2.05, 4.69) is 15.6 Å². The largest absolute Gasteiger partial charge is 0.348 e. The molecule has 0 fully saturated rings. The third-order valence-corrected chi connectivity index (χ3v) is 5.16. The SMILES string of the molecule is CC(NC(=O)Cn1c(CNC(=O)c2ccccc2)nc2ccccc21)c1ccccc1. The molecule has 0 aliphatic rings. The molecular formula is C25H24N4O2. The number of aromatic nitrogens is 2. The van der Waals surface area contributed by atoms with Gasteiger partial charge in [-0.2, -0.15) is 0 Å². The summed E-state index contributed by atoms with van der Waals surface area (Å²) in [6, 6.07) is 26.4. The van der Waals surface area contributed by atoms with Crippen LogP contribution in [0.15, 0.2) is 84.9 Å². The Morgan fingerprint density at radius 3 is 2.29 bits per heavy atom. The van der Waals surface area contributed by atoms with Gasteiger partial charge in [-0.3, -0.25) is 9.59 Å². The molecule has 0 saturated carbocycles. The standard InChI is InChI=1S/C25H24N4O2/c1-18(19-10-4-2-5-11-19)27-24(30)17-29-22-15-9-8-14-21(22)28-23(29)16-26-25(31)20-12-6-3-7-13-20/h2-15,18H,16-17H2,1H3,(H,26,31)(H,27,30). The first-order chi connectivity index (χ1) is 15.1. The van der Waals surface area contributed by atoms with E-state index in [0.717, 1.165) is 16.6 Å². The molecule has 1 unspecified atom stereocenters. The van der Waals surface area contributed by atoms with E-state index in [-0.39, 0.29) is 30.9 Å². The van der Waals surface area contributed by atoms with E-state index in [1.54, 1.807) is 12.1 Å². The summed E-state index contributed by atoms with van der Waals surface area (Å²) >= 11 is 0. The minimum atomic E-state index is -0.179. The molecule has 0 aliphatic carbocycles. The predicted molar refractivity (Wildman–Crippen MR) is 120 cm³/mol. The van der Waals surface area contributed by atoms with Crippen molar-refractivity contribution in [3.05, 3.63) is 102 Å². The summed E-state index contributed by atoms with van der Waals surface area (Å²) in [5.74, 6) is 0.337. The molecule has 156 valence electrons. The Balaban J connectivity index is 1.51. The molecular weight excluding hydrogens is 388 g/mol. The number of fused-ring (bicyclic) bond motifs is 1. The van der Waals surface area contributed by atoms with E-state index in [4.69, 9.17) is 0 Å². The summed E-state index contributed by atoms with van der Waals surface area (Å²) in [6.45, 7) is 2.30. The van der Waals surface area contributed by atoms with Crippen molar-refractivity contribution in [1.29, 1.82) is 0 Å². The molecule has 6 nitrogen and oxygen atoms in total. The summed E-state index contributed by atoms with van der Waals surface area (Å²) < 4.78 is 1.85. The Morgan fingerprint density at radius 1 is 0.903 bits per heavy atom. The van der Waals surface area contributed by atoms with Crippen molar-refractivity contribution in [2.75, 3.05) is 0 Å². The second-order valence-corrected chi connectivity index (χ2v) is 7.35. The molecule has 6 heteroatoms. The van der Waals surface area contributed by atoms with Gasteiger partial charge in [-0.15, -0.1) is 0 Å². The molecule has 0 saturated heterocycles. The maximum Gasteiger partial charge on any atom is 0.251 e. The summed E-state index contributed by atoms with van der Waals surface area (Å²) in [4.78, 5) is 29.9. The molecule has 2 N–H and O–H groups in total. The van der Waals surface area contributed by atoms with Crippen molar-refractivity contribution < 1.29 is 9.59 Å². The monoisotopic (exact) mass is 412 g/mol. The van der Waals surface area contributed by atoms with Crippen LogP contribution < -0.4 is 10.6 Å². The molecule has 4 aromatic rings. The number of imidazole rings is 1. The predicted octanol–water partition coefficient (Wildman–Crippen LogP) is 3.84. The number of rotatable bonds is 7. The molecule has 1 atom stereocenters. The van der Waals surface area contributed by atoms with E-state index in [9.17, 15) is 9.59 Å². The Hall–Kier alpha value is -3.93. The number of carbonyl (C=O) groups is 2. The molecule has 0 radical (unpaired) electrons. The molecule has 0 aliphatic heterocycles. The van der Waals surface area contributed by atoms with E-state index >= 15 is 0 Å². The van der Waals surface area contributed by atoms with Crippen LogP contribution >= 0.6 is 0 Å². The average Bonchev–Trinajstić information content (AvgIpc) is 3.15. The Labute approximate surface area is 180 Å². The highest BCUT2D eigenvalue weighted by molar-refractivity contribution is 5.94. The van der Waals surface area contributed by atoms with Crippen molar-refractivity contribution >= 4 is 22.8 Å². The van der Waals surface area contributed by atoms with Crippen LogP contribution in [0.25, 0.3) is 11.0 Å². The molecule has 0 bridgehead atoms. The van der Waals surface area contributed by atoms with Crippen LogP contribution in [0.5, 0.6) is 0 Å². The second kappa shape index (κ2) is 9.26. The number of amides is 2. The molecule has 31 heavy (non-hydrogen) atoms. The van der Waals surface area contributed by atoms with Crippen molar-refractivity contribution in [2.45, 2.75) is 26.1 Å². The highest BCUT2D eigenvalue weighted by atomic mass is 16.2. The zero-order valence-electron chi connectivity index (χ0n) is 17.3. The van der Waals surface area contributed by atoms with E-state index < -0.39 is 0 Å². The van der Waals surface area contributed by atoms with Gasteiger partial charge in [0.15, 0.2) is 0 Å². The van der Waals surface area contributed by atoms with E-state index in [1.165, 1.54) is 0 Å². The fourth-order valence-electron chi connectivity index (χ4n) is 3.54. The molecule has 3 aromatic carbocycles. The lowest BCUT2D eigenvalue weighted by molar-refractivity contribution is -0.122. The topological polar surface area (TPSA) is 76.0 Å². The minimum Gasteiger partial charge on any atom is -0.348 e. The molecule has 2 amide bonds. The van der Waals surface area contributed by atoms with Crippen LogP contribution in [-0.2, 0) is 17.9 Å². The highest BCUT2D eigenvalue weighted by Gasteiger charge is 2.16. The summed E-state index contributed by atoms with van der Waals surface area (Å²) in [5.41, 5.74) is 3.27. The Morgan fingerprint density at radius 2 is 1.55 bits per heavy atom. The number of nitrogens with zero attached hydrogens (tertiary/aromatic N) is 2. The van der Waals surface area contributed by atoms with Gasteiger partial charge in [0.2, 0.25) is 5.91 Å². The van der Waals surface area contributed by atoms with E-state index in [1.807, 2.05) is 84.3 Å². The van der Waals surface area contributed by atoms with Crippen LogP contribution in [0.4, 0.5) is 0 Å². The maximum atomic E-state index is 12.8. The van der Waals surface area contributed by atoms with Crippen LogP contribution in [0.1, 0.15) is 34.7 Å². The number of hydrogen-bond donors (Lipinski definition) is 2. The van der Waals surface area contributed by atoms with Crippen LogP contribution in [0.3, 0.4) is 0 Å². The van der Waals surface area contributed by atoms with Crippen LogP contribution in [-0.4, -0.2) is 21.4 Å². The average molecular weight is 412 g/mol. The van der Waals surface area contributed by atoms with Gasteiger partial charge >= 0.3 is 0 Å². The fourth-order valence-corrected chi connectivity index (χ4v) is 3.54. The number of benzene rings is 3. The Kier molecular flexibility index (Phi) is 6.08. The van der Waals surface area contributed by atoms with Gasteiger partial charge in [-0.05, 0) is 36.8 Å². The summed E-state index contributed by atoms with van der Waals surface area (Å²) in [6.07, 6.45) is 0. The first-order valence-corrected chi connectivity index (χ1v) is 10.2. The lowest BCUT2D eigenvalue weighted by Gasteiger charge is -2.16. The Bertz CT molecular complexity index is 1190. The van der Waals surface area contributed by atoms with Crippen LogP contribution in [0.2, 0.25) is 0 Å². The smallest absolute Gasteiger partial charge is 0.251 e. The lowest BCUT2D eigenvalue weighted by atomic mass is 10.1. The summed E-state index contributed by atoms with van der Waals surface area (Å²) in [7, 11) is 0. The van der Waals surface area contributed by atoms with Gasteiger partial charge in [-0.1, -0.05) is 60.7 Å². The molecule has 1 aromatic heterocycles. The lowest BCUT2D eigenvalue weighted by Crippen LogP contribution is -2.31. The molecule has 0 spiro atoms. The first-order valence-electron chi connectivity index (χ1n) is 10.2. The quantitative estimate of drug-likeness (QED) is 0.484. The van der Waals surface area contributed by atoms with Crippen molar-refractivity contribution in [2.24, 2.45) is 0 Å².